The number of benzene rings is 1. The molecule has 0 aliphatic rings. The molecule has 0 saturated carbocycles. The second-order valence-corrected chi connectivity index (χ2v) is 5.19. The summed E-state index contributed by atoms with van der Waals surface area (Å²) in [5.41, 5.74) is 1.13. The number of nitrogens with zero attached hydrogens (tertiary/aromatic N) is 1. The van der Waals surface area contributed by atoms with Gasteiger partial charge < -0.3 is 9.84 Å². The maximum absolute atomic E-state index is 13.3. The number of hydrogen-bond acceptors (Lipinski definition) is 3. The van der Waals surface area contributed by atoms with E-state index in [0.717, 1.165) is 6.07 Å². The van der Waals surface area contributed by atoms with Crippen LogP contribution in [0.4, 0.5) is 4.39 Å². The highest BCUT2D eigenvalue weighted by molar-refractivity contribution is 9.10. The maximum Gasteiger partial charge on any atom is 0.341 e. The molecular weight excluding hydrogens is 329 g/mol. The molecular formula is C14H11BrFNO3. The summed E-state index contributed by atoms with van der Waals surface area (Å²) in [7, 11) is 0. The van der Waals surface area contributed by atoms with Crippen molar-refractivity contribution >= 4 is 21.9 Å². The molecule has 0 bridgehead atoms. The topological polar surface area (TPSA) is 59.4 Å². The standard InChI is InChI=1S/C14H11BrFNO3/c1-7-3-8(2)17-13(12(7)14(18)19)20-11-5-9(15)4-10(16)6-11/h3-6H,1-2H3,(H,18,19). The summed E-state index contributed by atoms with van der Waals surface area (Å²) < 4.78 is 19.2. The minimum Gasteiger partial charge on any atom is -0.477 e. The molecule has 1 aromatic heterocycles. The summed E-state index contributed by atoms with van der Waals surface area (Å²) in [4.78, 5) is 15.3. The van der Waals surface area contributed by atoms with E-state index >= 15 is 0 Å². The highest BCUT2D eigenvalue weighted by Gasteiger charge is 2.18. The normalized spacial score (nSPS) is 10.4. The average molecular weight is 340 g/mol. The van der Waals surface area contributed by atoms with Crippen LogP contribution in [0.5, 0.6) is 11.6 Å². The molecule has 2 rings (SSSR count). The third-order valence-corrected chi connectivity index (χ3v) is 3.03. The van der Waals surface area contributed by atoms with Crippen molar-refractivity contribution in [1.29, 1.82) is 0 Å². The summed E-state index contributed by atoms with van der Waals surface area (Å²) in [6, 6.07) is 5.63. The van der Waals surface area contributed by atoms with Crippen LogP contribution in [-0.4, -0.2) is 16.1 Å². The molecule has 0 radical (unpaired) electrons. The van der Waals surface area contributed by atoms with E-state index < -0.39 is 11.8 Å². The second-order valence-electron chi connectivity index (χ2n) is 4.27. The Hall–Kier alpha value is -1.95. The first-order valence-electron chi connectivity index (χ1n) is 5.72. The Morgan fingerprint density at radius 3 is 2.60 bits per heavy atom. The van der Waals surface area contributed by atoms with Crippen molar-refractivity contribution in [3.63, 3.8) is 0 Å². The van der Waals surface area contributed by atoms with Crippen molar-refractivity contribution in [2.45, 2.75) is 13.8 Å². The fourth-order valence-corrected chi connectivity index (χ4v) is 2.28. The monoisotopic (exact) mass is 339 g/mol. The van der Waals surface area contributed by atoms with Crippen LogP contribution in [0.1, 0.15) is 21.6 Å². The highest BCUT2D eigenvalue weighted by Crippen LogP contribution is 2.29. The van der Waals surface area contributed by atoms with Crippen molar-refractivity contribution in [3.05, 3.63) is 51.4 Å². The van der Waals surface area contributed by atoms with Gasteiger partial charge in [0, 0.05) is 16.2 Å². The molecule has 0 aliphatic heterocycles. The van der Waals surface area contributed by atoms with Gasteiger partial charge in [0.05, 0.1) is 0 Å². The molecule has 1 aromatic carbocycles. The van der Waals surface area contributed by atoms with E-state index in [4.69, 9.17) is 4.74 Å². The van der Waals surface area contributed by atoms with Gasteiger partial charge in [-0.05, 0) is 37.6 Å². The van der Waals surface area contributed by atoms with E-state index in [2.05, 4.69) is 20.9 Å². The number of rotatable bonds is 3. The molecule has 4 nitrogen and oxygen atoms in total. The van der Waals surface area contributed by atoms with Crippen LogP contribution in [0.15, 0.2) is 28.7 Å². The summed E-state index contributed by atoms with van der Waals surface area (Å²) in [6.45, 7) is 3.39. The van der Waals surface area contributed by atoms with Crippen LogP contribution >= 0.6 is 15.9 Å². The van der Waals surface area contributed by atoms with Gasteiger partial charge in [-0.3, -0.25) is 0 Å². The van der Waals surface area contributed by atoms with Crippen LogP contribution in [0.3, 0.4) is 0 Å². The summed E-state index contributed by atoms with van der Waals surface area (Å²) in [5.74, 6) is -1.50. The summed E-state index contributed by atoms with van der Waals surface area (Å²) >= 11 is 3.15. The number of carboxylic acid groups (broad SMARTS) is 1. The number of aryl methyl sites for hydroxylation is 2. The fourth-order valence-electron chi connectivity index (χ4n) is 1.84. The van der Waals surface area contributed by atoms with Gasteiger partial charge in [-0.15, -0.1) is 0 Å². The first-order valence-corrected chi connectivity index (χ1v) is 6.51. The number of carboxylic acids is 1. The third kappa shape index (κ3) is 3.14. The van der Waals surface area contributed by atoms with Gasteiger partial charge in [-0.2, -0.15) is 0 Å². The molecule has 0 atom stereocenters. The van der Waals surface area contributed by atoms with Gasteiger partial charge in [0.15, 0.2) is 0 Å². The number of aromatic carboxylic acids is 1. The number of carbonyl (C=O) groups is 1. The van der Waals surface area contributed by atoms with E-state index in [1.807, 2.05) is 0 Å². The zero-order valence-corrected chi connectivity index (χ0v) is 12.4. The lowest BCUT2D eigenvalue weighted by Crippen LogP contribution is -2.06. The van der Waals surface area contributed by atoms with Crippen molar-refractivity contribution in [1.82, 2.24) is 4.98 Å². The van der Waals surface area contributed by atoms with Crippen molar-refractivity contribution in [3.8, 4) is 11.6 Å². The van der Waals surface area contributed by atoms with Crippen LogP contribution in [0.2, 0.25) is 0 Å². The zero-order chi connectivity index (χ0) is 14.9. The molecule has 0 fully saturated rings. The number of ether oxygens (including phenoxy) is 1. The molecule has 1 heterocycles. The van der Waals surface area contributed by atoms with Gasteiger partial charge in [0.2, 0.25) is 5.88 Å². The SMILES string of the molecule is Cc1cc(C)c(C(=O)O)c(Oc2cc(F)cc(Br)c2)n1. The lowest BCUT2D eigenvalue weighted by atomic mass is 10.1. The molecule has 104 valence electrons. The second kappa shape index (κ2) is 5.58. The minimum atomic E-state index is -1.14. The smallest absolute Gasteiger partial charge is 0.341 e. The molecule has 0 saturated heterocycles. The van der Waals surface area contributed by atoms with Crippen LogP contribution in [-0.2, 0) is 0 Å². The number of halogens is 2. The van der Waals surface area contributed by atoms with Gasteiger partial charge in [0.25, 0.3) is 0 Å². The third-order valence-electron chi connectivity index (χ3n) is 2.58. The van der Waals surface area contributed by atoms with E-state index in [0.29, 0.717) is 15.7 Å². The maximum atomic E-state index is 13.3. The van der Waals surface area contributed by atoms with Crippen molar-refractivity contribution in [2.75, 3.05) is 0 Å². The lowest BCUT2D eigenvalue weighted by molar-refractivity contribution is 0.0692. The highest BCUT2D eigenvalue weighted by atomic mass is 79.9. The van der Waals surface area contributed by atoms with E-state index in [1.165, 1.54) is 12.1 Å². The van der Waals surface area contributed by atoms with E-state index in [1.54, 1.807) is 19.9 Å². The van der Waals surface area contributed by atoms with Crippen molar-refractivity contribution < 1.29 is 19.0 Å². The predicted molar refractivity (Wildman–Crippen MR) is 74.8 cm³/mol. The Morgan fingerprint density at radius 1 is 1.30 bits per heavy atom. The zero-order valence-electron chi connectivity index (χ0n) is 10.8. The average Bonchev–Trinajstić information content (AvgIpc) is 2.25. The molecule has 1 N–H and O–H groups in total. The first kappa shape index (κ1) is 14.5. The van der Waals surface area contributed by atoms with Crippen LogP contribution < -0.4 is 4.74 Å². The molecule has 20 heavy (non-hydrogen) atoms. The Kier molecular flexibility index (Phi) is 4.04. The Bertz CT molecular complexity index is 668. The van der Waals surface area contributed by atoms with Crippen LogP contribution in [0.25, 0.3) is 0 Å². The molecule has 6 heteroatoms. The predicted octanol–water partition coefficient (Wildman–Crippen LogP) is 4.09. The molecule has 2 aromatic rings. The Morgan fingerprint density at radius 2 is 2.00 bits per heavy atom. The van der Waals surface area contributed by atoms with E-state index in [9.17, 15) is 14.3 Å². The van der Waals surface area contributed by atoms with Crippen LogP contribution in [0, 0.1) is 19.7 Å². The summed E-state index contributed by atoms with van der Waals surface area (Å²) in [5, 5.41) is 9.22. The Balaban J connectivity index is 2.49. The lowest BCUT2D eigenvalue weighted by Gasteiger charge is -2.11. The first-order chi connectivity index (χ1) is 9.36. The Labute approximate surface area is 123 Å². The number of pyridine rings is 1. The largest absolute Gasteiger partial charge is 0.477 e. The quantitative estimate of drug-likeness (QED) is 0.914. The van der Waals surface area contributed by atoms with Gasteiger partial charge in [0.1, 0.15) is 17.1 Å². The molecule has 0 aliphatic carbocycles. The number of aromatic nitrogens is 1. The molecule has 0 amide bonds. The van der Waals surface area contributed by atoms with Gasteiger partial charge in [-0.1, -0.05) is 15.9 Å². The van der Waals surface area contributed by atoms with Gasteiger partial charge >= 0.3 is 5.97 Å². The van der Waals surface area contributed by atoms with Crippen molar-refractivity contribution in [2.24, 2.45) is 0 Å². The number of hydrogen-bond donors (Lipinski definition) is 1. The summed E-state index contributed by atoms with van der Waals surface area (Å²) in [6.07, 6.45) is 0. The van der Waals surface area contributed by atoms with E-state index in [-0.39, 0.29) is 17.2 Å². The minimum absolute atomic E-state index is 0.0315. The molecule has 0 spiro atoms. The van der Waals surface area contributed by atoms with Gasteiger partial charge in [-0.25, -0.2) is 14.2 Å². The molecule has 0 unspecified atom stereocenters. The fraction of sp³-hybridized carbons (Fsp3) is 0.143.